The summed E-state index contributed by atoms with van der Waals surface area (Å²) in [5, 5.41) is 0. The van der Waals surface area contributed by atoms with Crippen molar-refractivity contribution in [3.63, 3.8) is 0 Å². The topological polar surface area (TPSA) is 26.3 Å². The zero-order valence-corrected chi connectivity index (χ0v) is 13.7. The van der Waals surface area contributed by atoms with Gasteiger partial charge in [0.15, 0.2) is 0 Å². The van der Waals surface area contributed by atoms with E-state index in [0.29, 0.717) is 13.0 Å². The van der Waals surface area contributed by atoms with Crippen LogP contribution in [0.3, 0.4) is 0 Å². The third-order valence-corrected chi connectivity index (χ3v) is 3.40. The van der Waals surface area contributed by atoms with Gasteiger partial charge in [0.1, 0.15) is 0 Å². The van der Waals surface area contributed by atoms with Gasteiger partial charge in [-0.25, -0.2) is 0 Å². The maximum Gasteiger partial charge on any atom is 0.305 e. The summed E-state index contributed by atoms with van der Waals surface area (Å²) < 4.78 is 5.12. The van der Waals surface area contributed by atoms with Gasteiger partial charge in [0, 0.05) is 6.42 Å². The summed E-state index contributed by atoms with van der Waals surface area (Å²) in [6, 6.07) is 0. The number of rotatable bonds is 14. The highest BCUT2D eigenvalue weighted by atomic mass is 16.5. The Bertz CT molecular complexity index is 234. The van der Waals surface area contributed by atoms with E-state index in [1.165, 1.54) is 38.5 Å². The first kappa shape index (κ1) is 19.2. The zero-order valence-electron chi connectivity index (χ0n) is 13.7. The van der Waals surface area contributed by atoms with Gasteiger partial charge >= 0.3 is 5.97 Å². The summed E-state index contributed by atoms with van der Waals surface area (Å²) in [5.74, 6) is -0.0293. The first-order valence-corrected chi connectivity index (χ1v) is 8.61. The Morgan fingerprint density at radius 3 is 2.05 bits per heavy atom. The van der Waals surface area contributed by atoms with Crippen LogP contribution in [0, 0.1) is 0 Å². The van der Waals surface area contributed by atoms with E-state index in [1.54, 1.807) is 0 Å². The molecule has 0 aromatic heterocycles. The smallest absolute Gasteiger partial charge is 0.305 e. The zero-order chi connectivity index (χ0) is 14.9. The minimum Gasteiger partial charge on any atom is -0.466 e. The number of hydrogen-bond donors (Lipinski definition) is 0. The maximum absolute atomic E-state index is 11.3. The van der Waals surface area contributed by atoms with Crippen LogP contribution in [-0.4, -0.2) is 12.6 Å². The molecular formula is C18H34O2. The van der Waals surface area contributed by atoms with Crippen LogP contribution in [0.5, 0.6) is 0 Å². The van der Waals surface area contributed by atoms with Crippen LogP contribution >= 0.6 is 0 Å². The van der Waals surface area contributed by atoms with Crippen LogP contribution in [-0.2, 0) is 9.53 Å². The van der Waals surface area contributed by atoms with Gasteiger partial charge in [0.05, 0.1) is 6.61 Å². The van der Waals surface area contributed by atoms with E-state index in [-0.39, 0.29) is 5.97 Å². The molecule has 0 aliphatic heterocycles. The van der Waals surface area contributed by atoms with Crippen molar-refractivity contribution >= 4 is 5.97 Å². The van der Waals surface area contributed by atoms with E-state index in [0.717, 1.165) is 32.1 Å². The van der Waals surface area contributed by atoms with Crippen molar-refractivity contribution in [1.29, 1.82) is 0 Å². The Balaban J connectivity index is 3.20. The van der Waals surface area contributed by atoms with Crippen molar-refractivity contribution in [2.45, 2.75) is 90.9 Å². The molecule has 0 radical (unpaired) electrons. The van der Waals surface area contributed by atoms with Gasteiger partial charge in [-0.15, -0.1) is 0 Å². The van der Waals surface area contributed by atoms with Crippen molar-refractivity contribution in [3.8, 4) is 0 Å². The molecule has 0 amide bonds. The van der Waals surface area contributed by atoms with E-state index in [2.05, 4.69) is 26.0 Å². The normalized spacial score (nSPS) is 11.1. The lowest BCUT2D eigenvalue weighted by Crippen LogP contribution is -2.05. The lowest BCUT2D eigenvalue weighted by Gasteiger charge is -2.02. The highest BCUT2D eigenvalue weighted by Crippen LogP contribution is 2.07. The molecule has 0 fully saturated rings. The predicted octanol–water partition coefficient (Wildman–Crippen LogP) is 5.81. The second-order valence-corrected chi connectivity index (χ2v) is 5.49. The molecule has 2 nitrogen and oxygen atoms in total. The quantitative estimate of drug-likeness (QED) is 0.228. The van der Waals surface area contributed by atoms with Gasteiger partial charge in [0.25, 0.3) is 0 Å². The van der Waals surface area contributed by atoms with E-state index < -0.39 is 0 Å². The lowest BCUT2D eigenvalue weighted by atomic mass is 10.1. The second-order valence-electron chi connectivity index (χ2n) is 5.49. The van der Waals surface area contributed by atoms with Gasteiger partial charge in [-0.1, -0.05) is 58.1 Å². The van der Waals surface area contributed by atoms with Crippen LogP contribution in [0.1, 0.15) is 90.9 Å². The van der Waals surface area contributed by atoms with Crippen LogP contribution < -0.4 is 0 Å². The van der Waals surface area contributed by atoms with E-state index >= 15 is 0 Å². The summed E-state index contributed by atoms with van der Waals surface area (Å²) in [5.41, 5.74) is 0. The predicted molar refractivity (Wildman–Crippen MR) is 86.9 cm³/mol. The molecule has 0 spiro atoms. The average Bonchev–Trinajstić information content (AvgIpc) is 2.45. The Morgan fingerprint density at radius 2 is 1.40 bits per heavy atom. The molecule has 0 aliphatic rings. The van der Waals surface area contributed by atoms with Gasteiger partial charge < -0.3 is 4.74 Å². The molecule has 0 bridgehead atoms. The number of carbonyl (C=O) groups is 1. The van der Waals surface area contributed by atoms with Gasteiger partial charge in [-0.3, -0.25) is 4.79 Å². The molecule has 0 aromatic carbocycles. The highest BCUT2D eigenvalue weighted by Gasteiger charge is 2.00. The minimum atomic E-state index is -0.0293. The molecule has 0 aromatic rings. The van der Waals surface area contributed by atoms with Gasteiger partial charge in [-0.2, -0.15) is 0 Å². The van der Waals surface area contributed by atoms with Crippen molar-refractivity contribution in [2.75, 3.05) is 6.61 Å². The molecule has 0 unspecified atom stereocenters. The van der Waals surface area contributed by atoms with Crippen LogP contribution in [0.4, 0.5) is 0 Å². The highest BCUT2D eigenvalue weighted by molar-refractivity contribution is 5.69. The summed E-state index contributed by atoms with van der Waals surface area (Å²) in [7, 11) is 0. The molecule has 20 heavy (non-hydrogen) atoms. The third-order valence-electron chi connectivity index (χ3n) is 3.40. The molecule has 0 saturated heterocycles. The molecule has 0 saturated carbocycles. The first-order valence-electron chi connectivity index (χ1n) is 8.61. The number of unbranched alkanes of at least 4 members (excludes halogenated alkanes) is 8. The first-order chi connectivity index (χ1) is 9.81. The van der Waals surface area contributed by atoms with Crippen molar-refractivity contribution in [2.24, 2.45) is 0 Å². The van der Waals surface area contributed by atoms with Crippen molar-refractivity contribution < 1.29 is 9.53 Å². The Hall–Kier alpha value is -0.790. The summed E-state index contributed by atoms with van der Waals surface area (Å²) >= 11 is 0. The van der Waals surface area contributed by atoms with E-state index in [4.69, 9.17) is 4.74 Å². The van der Waals surface area contributed by atoms with Crippen LogP contribution in [0.2, 0.25) is 0 Å². The fourth-order valence-electron chi connectivity index (χ4n) is 2.04. The number of hydrogen-bond acceptors (Lipinski definition) is 2. The minimum absolute atomic E-state index is 0.0293. The average molecular weight is 282 g/mol. The molecule has 118 valence electrons. The molecule has 0 N–H and O–H groups in total. The third kappa shape index (κ3) is 15.3. The Labute approximate surface area is 126 Å². The molecule has 0 rings (SSSR count). The van der Waals surface area contributed by atoms with E-state index in [1.807, 2.05) is 0 Å². The number of carbonyl (C=O) groups excluding carboxylic acids is 1. The Kier molecular flexibility index (Phi) is 15.6. The Morgan fingerprint density at radius 1 is 0.800 bits per heavy atom. The molecule has 0 aliphatic carbocycles. The summed E-state index contributed by atoms with van der Waals surface area (Å²) in [4.78, 5) is 11.3. The number of ether oxygens (including phenoxy) is 1. The molecule has 0 heterocycles. The fraction of sp³-hybridized carbons (Fsp3) is 0.833. The summed E-state index contributed by atoms with van der Waals surface area (Å²) in [6.45, 7) is 4.94. The summed E-state index contributed by atoms with van der Waals surface area (Å²) in [6.07, 6.45) is 18.3. The monoisotopic (exact) mass is 282 g/mol. The lowest BCUT2D eigenvalue weighted by molar-refractivity contribution is -0.143. The van der Waals surface area contributed by atoms with Gasteiger partial charge in [-0.05, 0) is 38.5 Å². The van der Waals surface area contributed by atoms with Crippen LogP contribution in [0.25, 0.3) is 0 Å². The largest absolute Gasteiger partial charge is 0.466 e. The SMILES string of the molecule is CCCCCCCC=CCCCCC(=O)OCCCC. The molecular weight excluding hydrogens is 248 g/mol. The number of allylic oxidation sites excluding steroid dienone is 2. The van der Waals surface area contributed by atoms with Gasteiger partial charge in [0.2, 0.25) is 0 Å². The van der Waals surface area contributed by atoms with Crippen molar-refractivity contribution in [3.05, 3.63) is 12.2 Å². The standard InChI is InChI=1S/C18H34O2/c1-3-5-7-8-9-10-11-12-13-14-15-16-18(19)20-17-6-4-2/h11-12H,3-10,13-17H2,1-2H3. The number of esters is 1. The molecule has 0 atom stereocenters. The molecule has 2 heteroatoms. The van der Waals surface area contributed by atoms with E-state index in [9.17, 15) is 4.79 Å². The second kappa shape index (κ2) is 16.3. The van der Waals surface area contributed by atoms with Crippen molar-refractivity contribution in [1.82, 2.24) is 0 Å². The fourth-order valence-corrected chi connectivity index (χ4v) is 2.04. The van der Waals surface area contributed by atoms with Crippen LogP contribution in [0.15, 0.2) is 12.2 Å². The maximum atomic E-state index is 11.3.